The third-order valence-corrected chi connectivity index (χ3v) is 2.65. The van der Waals surface area contributed by atoms with Crippen molar-refractivity contribution in [1.82, 2.24) is 4.90 Å². The van der Waals surface area contributed by atoms with Crippen molar-refractivity contribution < 1.29 is 13.2 Å². The Morgan fingerprint density at radius 3 is 2.08 bits per heavy atom. The second kappa shape index (κ2) is 4.51. The molecule has 1 saturated heterocycles. The van der Waals surface area contributed by atoms with Gasteiger partial charge >= 0.3 is 6.18 Å². The minimum atomic E-state index is -4.18. The normalized spacial score (nSPS) is 23.1. The molecule has 0 N–H and O–H groups in total. The quantitative estimate of drug-likeness (QED) is 0.640. The number of hydrogen-bond donors (Lipinski definition) is 0. The summed E-state index contributed by atoms with van der Waals surface area (Å²) in [6.07, 6.45) is -1.45. The number of alkyl halides is 4. The van der Waals surface area contributed by atoms with E-state index in [9.17, 15) is 13.2 Å². The third-order valence-electron chi connectivity index (χ3n) is 2.36. The average Bonchev–Trinajstić information content (AvgIpc) is 2.05. The van der Waals surface area contributed by atoms with Gasteiger partial charge in [-0.25, -0.2) is 0 Å². The van der Waals surface area contributed by atoms with Crippen molar-refractivity contribution >= 4 is 11.6 Å². The Balaban J connectivity index is 2.54. The number of likely N-dealkylation sites (tertiary alicyclic amines) is 1. The first kappa shape index (κ1) is 11.1. The first-order chi connectivity index (χ1) is 6.05. The van der Waals surface area contributed by atoms with Gasteiger partial charge in [0.1, 0.15) is 6.04 Å². The molecule has 0 aliphatic carbocycles. The zero-order chi connectivity index (χ0) is 9.90. The number of nitrogens with zero attached hydrogens (tertiary/aromatic N) is 1. The number of rotatable bonds is 2. The summed E-state index contributed by atoms with van der Waals surface area (Å²) in [5.41, 5.74) is 0. The Kier molecular flexibility index (Phi) is 3.86. The first-order valence-corrected chi connectivity index (χ1v) is 4.96. The Hall–Kier alpha value is 0.0400. The molecule has 0 saturated carbocycles. The lowest BCUT2D eigenvalue weighted by atomic mass is 10.1. The number of hydrogen-bond acceptors (Lipinski definition) is 1. The molecule has 1 nitrogen and oxygen atoms in total. The Morgan fingerprint density at radius 2 is 1.69 bits per heavy atom. The molecule has 0 aromatic rings. The fraction of sp³-hybridized carbons (Fsp3) is 1.00. The van der Waals surface area contributed by atoms with Gasteiger partial charge in [0, 0.05) is 5.88 Å². The van der Waals surface area contributed by atoms with Crippen LogP contribution in [0.5, 0.6) is 0 Å². The molecule has 1 rings (SSSR count). The molecule has 1 heterocycles. The topological polar surface area (TPSA) is 3.24 Å². The summed E-state index contributed by atoms with van der Waals surface area (Å²) in [6, 6.07) is -1.45. The Labute approximate surface area is 80.8 Å². The van der Waals surface area contributed by atoms with E-state index in [2.05, 4.69) is 0 Å². The van der Waals surface area contributed by atoms with Crippen LogP contribution in [0, 0.1) is 0 Å². The van der Waals surface area contributed by atoms with E-state index >= 15 is 0 Å². The highest BCUT2D eigenvalue weighted by molar-refractivity contribution is 6.18. The molecule has 0 bridgehead atoms. The molecule has 1 fully saturated rings. The van der Waals surface area contributed by atoms with E-state index in [-0.39, 0.29) is 5.88 Å². The monoisotopic (exact) mass is 215 g/mol. The van der Waals surface area contributed by atoms with Crippen LogP contribution in [0.3, 0.4) is 0 Å². The van der Waals surface area contributed by atoms with Gasteiger partial charge in [0.25, 0.3) is 0 Å². The van der Waals surface area contributed by atoms with Crippen LogP contribution in [0.4, 0.5) is 13.2 Å². The lowest BCUT2D eigenvalue weighted by Crippen LogP contribution is -2.49. The van der Waals surface area contributed by atoms with E-state index in [1.165, 1.54) is 4.90 Å². The minimum Gasteiger partial charge on any atom is -0.291 e. The summed E-state index contributed by atoms with van der Waals surface area (Å²) in [5, 5.41) is 0. The van der Waals surface area contributed by atoms with E-state index in [1.54, 1.807) is 0 Å². The molecule has 0 spiro atoms. The maximum absolute atomic E-state index is 12.4. The van der Waals surface area contributed by atoms with E-state index in [4.69, 9.17) is 11.6 Å². The standard InChI is InChI=1S/C8H13ClF3N/c9-6-7(8(10,11)12)13-4-2-1-3-5-13/h7H,1-6H2/t7-/m1/s1. The van der Waals surface area contributed by atoms with Gasteiger partial charge in [-0.2, -0.15) is 13.2 Å². The molecule has 1 aliphatic heterocycles. The molecule has 5 heteroatoms. The zero-order valence-electron chi connectivity index (χ0n) is 7.28. The highest BCUT2D eigenvalue weighted by atomic mass is 35.5. The number of halogens is 4. The maximum Gasteiger partial charge on any atom is 0.405 e. The molecule has 1 aliphatic rings. The van der Waals surface area contributed by atoms with Gasteiger partial charge in [-0.05, 0) is 25.9 Å². The molecule has 78 valence electrons. The summed E-state index contributed by atoms with van der Waals surface area (Å²) in [5.74, 6) is -0.358. The van der Waals surface area contributed by atoms with Gasteiger partial charge in [-0.1, -0.05) is 6.42 Å². The zero-order valence-corrected chi connectivity index (χ0v) is 8.03. The predicted octanol–water partition coefficient (Wildman–Crippen LogP) is 2.64. The van der Waals surface area contributed by atoms with Crippen LogP contribution in [0.25, 0.3) is 0 Å². The SMILES string of the molecule is FC(F)(F)[C@@H](CCl)N1CCCCC1. The third kappa shape index (κ3) is 3.02. The van der Waals surface area contributed by atoms with Gasteiger partial charge in [-0.3, -0.25) is 4.90 Å². The van der Waals surface area contributed by atoms with E-state index in [0.29, 0.717) is 13.1 Å². The van der Waals surface area contributed by atoms with Gasteiger partial charge in [0.2, 0.25) is 0 Å². The largest absolute Gasteiger partial charge is 0.405 e. The maximum atomic E-state index is 12.4. The van der Waals surface area contributed by atoms with Crippen LogP contribution in [0.15, 0.2) is 0 Å². The highest BCUT2D eigenvalue weighted by Crippen LogP contribution is 2.27. The van der Waals surface area contributed by atoms with Crippen molar-refractivity contribution in [3.8, 4) is 0 Å². The molecule has 1 atom stereocenters. The lowest BCUT2D eigenvalue weighted by Gasteiger charge is -2.34. The smallest absolute Gasteiger partial charge is 0.291 e. The molecular weight excluding hydrogens is 203 g/mol. The molecule has 0 aromatic heterocycles. The Morgan fingerprint density at radius 1 is 1.15 bits per heavy atom. The van der Waals surface area contributed by atoms with E-state index in [1.807, 2.05) is 0 Å². The summed E-state index contributed by atoms with van der Waals surface area (Å²) in [7, 11) is 0. The highest BCUT2D eigenvalue weighted by Gasteiger charge is 2.42. The lowest BCUT2D eigenvalue weighted by molar-refractivity contribution is -0.179. The van der Waals surface area contributed by atoms with Crippen molar-refractivity contribution in [3.05, 3.63) is 0 Å². The summed E-state index contributed by atoms with van der Waals surface area (Å²) < 4.78 is 37.1. The molecular formula is C8H13ClF3N. The number of piperidine rings is 1. The molecule has 0 unspecified atom stereocenters. The Bertz CT molecular complexity index is 154. The minimum absolute atomic E-state index is 0.358. The van der Waals surface area contributed by atoms with Crippen LogP contribution >= 0.6 is 11.6 Å². The van der Waals surface area contributed by atoms with Crippen LogP contribution in [0.2, 0.25) is 0 Å². The van der Waals surface area contributed by atoms with Crippen LogP contribution in [-0.2, 0) is 0 Å². The van der Waals surface area contributed by atoms with E-state index in [0.717, 1.165) is 19.3 Å². The van der Waals surface area contributed by atoms with Gasteiger partial charge in [0.05, 0.1) is 0 Å². The second-order valence-electron chi connectivity index (χ2n) is 3.31. The predicted molar refractivity (Wildman–Crippen MR) is 46.0 cm³/mol. The van der Waals surface area contributed by atoms with E-state index < -0.39 is 12.2 Å². The van der Waals surface area contributed by atoms with Gasteiger partial charge in [0.15, 0.2) is 0 Å². The van der Waals surface area contributed by atoms with Crippen molar-refractivity contribution in [3.63, 3.8) is 0 Å². The van der Waals surface area contributed by atoms with Gasteiger partial charge < -0.3 is 0 Å². The molecule has 0 aromatic carbocycles. The summed E-state index contributed by atoms with van der Waals surface area (Å²) in [4.78, 5) is 1.44. The molecule has 0 amide bonds. The van der Waals surface area contributed by atoms with Crippen LogP contribution < -0.4 is 0 Å². The van der Waals surface area contributed by atoms with Crippen molar-refractivity contribution in [2.45, 2.75) is 31.5 Å². The summed E-state index contributed by atoms with van der Waals surface area (Å²) in [6.45, 7) is 1.05. The first-order valence-electron chi connectivity index (χ1n) is 4.42. The summed E-state index contributed by atoms with van der Waals surface area (Å²) >= 11 is 5.32. The fourth-order valence-corrected chi connectivity index (χ4v) is 1.99. The van der Waals surface area contributed by atoms with Gasteiger partial charge in [-0.15, -0.1) is 11.6 Å². The van der Waals surface area contributed by atoms with Crippen molar-refractivity contribution in [2.24, 2.45) is 0 Å². The van der Waals surface area contributed by atoms with Crippen LogP contribution in [-0.4, -0.2) is 36.1 Å². The van der Waals surface area contributed by atoms with Crippen LogP contribution in [0.1, 0.15) is 19.3 Å². The molecule has 0 radical (unpaired) electrons. The fourth-order valence-electron chi connectivity index (χ4n) is 1.62. The average molecular weight is 216 g/mol. The second-order valence-corrected chi connectivity index (χ2v) is 3.62. The molecule has 13 heavy (non-hydrogen) atoms. The van der Waals surface area contributed by atoms with Crippen molar-refractivity contribution in [1.29, 1.82) is 0 Å². The van der Waals surface area contributed by atoms with Crippen molar-refractivity contribution in [2.75, 3.05) is 19.0 Å².